The summed E-state index contributed by atoms with van der Waals surface area (Å²) in [7, 11) is 1.73. The summed E-state index contributed by atoms with van der Waals surface area (Å²) >= 11 is 0. The molecule has 136 valence electrons. The number of aryl methyl sites for hydroxylation is 1. The quantitative estimate of drug-likeness (QED) is 0.861. The predicted octanol–water partition coefficient (Wildman–Crippen LogP) is 3.95. The summed E-state index contributed by atoms with van der Waals surface area (Å²) in [5.74, 6) is 1.10. The Kier molecular flexibility index (Phi) is 6.17. The summed E-state index contributed by atoms with van der Waals surface area (Å²) in [6.45, 7) is 8.76. The fraction of sp³-hybridized carbons (Fsp3) is 0.526. The standard InChI is InChI=1S/C19H28N4O2/c1-6-16-21-17(25-22-16)13-23(5)18(24)20-15(12-19(2,3)4)14-10-8-7-9-11-14/h7-11,15H,6,12-13H2,1-5H3,(H,20,24)/t15-/m0/s1. The molecule has 0 aliphatic heterocycles. The van der Waals surface area contributed by atoms with E-state index in [0.29, 0.717) is 18.1 Å². The van der Waals surface area contributed by atoms with Crippen molar-refractivity contribution in [1.82, 2.24) is 20.4 Å². The number of rotatable bonds is 6. The Bertz CT molecular complexity index is 676. The number of hydrogen-bond acceptors (Lipinski definition) is 4. The van der Waals surface area contributed by atoms with E-state index < -0.39 is 0 Å². The maximum absolute atomic E-state index is 12.6. The maximum atomic E-state index is 12.6. The highest BCUT2D eigenvalue weighted by Crippen LogP contribution is 2.29. The molecule has 2 aromatic rings. The normalized spacial score (nSPS) is 12.7. The van der Waals surface area contributed by atoms with Crippen molar-refractivity contribution in [2.75, 3.05) is 7.05 Å². The Hall–Kier alpha value is -2.37. The SMILES string of the molecule is CCc1noc(CN(C)C(=O)N[C@@H](CC(C)(C)C)c2ccccc2)n1. The highest BCUT2D eigenvalue weighted by Gasteiger charge is 2.23. The molecule has 0 unspecified atom stereocenters. The minimum atomic E-state index is -0.158. The van der Waals surface area contributed by atoms with Gasteiger partial charge in [-0.15, -0.1) is 0 Å². The summed E-state index contributed by atoms with van der Waals surface area (Å²) < 4.78 is 5.16. The molecule has 2 rings (SSSR count). The third-order valence-electron chi connectivity index (χ3n) is 3.86. The maximum Gasteiger partial charge on any atom is 0.318 e. The molecule has 1 aromatic heterocycles. The molecule has 0 saturated heterocycles. The molecule has 0 saturated carbocycles. The Morgan fingerprint density at radius 1 is 1.28 bits per heavy atom. The monoisotopic (exact) mass is 344 g/mol. The summed E-state index contributed by atoms with van der Waals surface area (Å²) in [6.07, 6.45) is 1.55. The Morgan fingerprint density at radius 2 is 1.96 bits per heavy atom. The number of aromatic nitrogens is 2. The van der Waals surface area contributed by atoms with Crippen LogP contribution in [0, 0.1) is 5.41 Å². The Balaban J connectivity index is 2.05. The van der Waals surface area contributed by atoms with Gasteiger partial charge in [-0.2, -0.15) is 4.98 Å². The van der Waals surface area contributed by atoms with E-state index in [1.807, 2.05) is 37.3 Å². The summed E-state index contributed by atoms with van der Waals surface area (Å²) in [4.78, 5) is 18.4. The lowest BCUT2D eigenvalue weighted by Crippen LogP contribution is -2.40. The van der Waals surface area contributed by atoms with E-state index in [4.69, 9.17) is 4.52 Å². The van der Waals surface area contributed by atoms with Crippen LogP contribution in [0.5, 0.6) is 0 Å². The van der Waals surface area contributed by atoms with E-state index >= 15 is 0 Å². The zero-order valence-corrected chi connectivity index (χ0v) is 15.7. The van der Waals surface area contributed by atoms with Gasteiger partial charge in [0.25, 0.3) is 0 Å². The van der Waals surface area contributed by atoms with Gasteiger partial charge in [0.2, 0.25) is 5.89 Å². The first-order chi connectivity index (χ1) is 11.8. The average Bonchev–Trinajstić information content (AvgIpc) is 3.01. The number of nitrogens with one attached hydrogen (secondary N) is 1. The molecule has 0 bridgehead atoms. The van der Waals surface area contributed by atoms with Gasteiger partial charge in [0.1, 0.15) is 6.54 Å². The van der Waals surface area contributed by atoms with Gasteiger partial charge in [0.15, 0.2) is 5.82 Å². The molecule has 25 heavy (non-hydrogen) atoms. The van der Waals surface area contributed by atoms with Crippen LogP contribution in [0.2, 0.25) is 0 Å². The number of benzene rings is 1. The molecule has 1 heterocycles. The number of hydrogen-bond donors (Lipinski definition) is 1. The smallest absolute Gasteiger partial charge is 0.318 e. The van der Waals surface area contributed by atoms with Crippen molar-refractivity contribution in [3.63, 3.8) is 0 Å². The van der Waals surface area contributed by atoms with Gasteiger partial charge in [-0.05, 0) is 17.4 Å². The number of urea groups is 1. The molecule has 2 amide bonds. The van der Waals surface area contributed by atoms with Crippen molar-refractivity contribution in [2.24, 2.45) is 5.41 Å². The summed E-state index contributed by atoms with van der Waals surface area (Å²) in [5.41, 5.74) is 1.19. The van der Waals surface area contributed by atoms with Gasteiger partial charge in [0.05, 0.1) is 6.04 Å². The molecule has 6 nitrogen and oxygen atoms in total. The van der Waals surface area contributed by atoms with Crippen LogP contribution in [0.1, 0.15) is 57.4 Å². The van der Waals surface area contributed by atoms with Crippen LogP contribution in [0.15, 0.2) is 34.9 Å². The lowest BCUT2D eigenvalue weighted by Gasteiger charge is -2.29. The molecule has 0 spiro atoms. The number of amides is 2. The number of carbonyl (C=O) groups excluding carboxylic acids is 1. The van der Waals surface area contributed by atoms with Gasteiger partial charge in [-0.25, -0.2) is 4.79 Å². The number of nitrogens with zero attached hydrogens (tertiary/aromatic N) is 3. The van der Waals surface area contributed by atoms with Gasteiger partial charge in [-0.1, -0.05) is 63.2 Å². The first-order valence-electron chi connectivity index (χ1n) is 8.66. The fourth-order valence-electron chi connectivity index (χ4n) is 2.58. The molecule has 0 fully saturated rings. The first kappa shape index (κ1) is 19.0. The second-order valence-electron chi connectivity index (χ2n) is 7.49. The van der Waals surface area contributed by atoms with E-state index in [9.17, 15) is 4.79 Å². The van der Waals surface area contributed by atoms with Gasteiger partial charge in [-0.3, -0.25) is 0 Å². The molecule has 1 N–H and O–H groups in total. The van der Waals surface area contributed by atoms with Gasteiger partial charge >= 0.3 is 6.03 Å². The molecule has 1 atom stereocenters. The van der Waals surface area contributed by atoms with Crippen molar-refractivity contribution < 1.29 is 9.32 Å². The van der Waals surface area contributed by atoms with Gasteiger partial charge < -0.3 is 14.7 Å². The van der Waals surface area contributed by atoms with Crippen molar-refractivity contribution in [2.45, 2.75) is 53.1 Å². The van der Waals surface area contributed by atoms with Crippen LogP contribution in [0.25, 0.3) is 0 Å². The summed E-state index contributed by atoms with van der Waals surface area (Å²) in [6, 6.07) is 9.84. The van der Waals surface area contributed by atoms with E-state index in [1.54, 1.807) is 11.9 Å². The van der Waals surface area contributed by atoms with Crippen LogP contribution in [0.4, 0.5) is 4.79 Å². The first-order valence-corrected chi connectivity index (χ1v) is 8.66. The van der Waals surface area contributed by atoms with Crippen LogP contribution in [-0.2, 0) is 13.0 Å². The lowest BCUT2D eigenvalue weighted by molar-refractivity contribution is 0.190. The topological polar surface area (TPSA) is 71.3 Å². The highest BCUT2D eigenvalue weighted by molar-refractivity contribution is 5.74. The Morgan fingerprint density at radius 3 is 2.52 bits per heavy atom. The Labute approximate surface area is 149 Å². The summed E-state index contributed by atoms with van der Waals surface area (Å²) in [5, 5.41) is 6.99. The third-order valence-corrected chi connectivity index (χ3v) is 3.86. The van der Waals surface area contributed by atoms with Crippen molar-refractivity contribution in [3.8, 4) is 0 Å². The fourth-order valence-corrected chi connectivity index (χ4v) is 2.58. The molecule has 1 aromatic carbocycles. The predicted molar refractivity (Wildman–Crippen MR) is 96.9 cm³/mol. The van der Waals surface area contributed by atoms with E-state index in [-0.39, 0.29) is 24.0 Å². The lowest BCUT2D eigenvalue weighted by atomic mass is 9.85. The number of carbonyl (C=O) groups is 1. The zero-order valence-electron chi connectivity index (χ0n) is 15.7. The molecule has 0 aliphatic rings. The van der Waals surface area contributed by atoms with Crippen LogP contribution in [-0.4, -0.2) is 28.1 Å². The van der Waals surface area contributed by atoms with Gasteiger partial charge in [0, 0.05) is 13.5 Å². The molecule has 0 aliphatic carbocycles. The third kappa shape index (κ3) is 5.89. The molecular weight excluding hydrogens is 316 g/mol. The average molecular weight is 344 g/mol. The van der Waals surface area contributed by atoms with Crippen molar-refractivity contribution >= 4 is 6.03 Å². The zero-order chi connectivity index (χ0) is 18.4. The second-order valence-corrected chi connectivity index (χ2v) is 7.49. The van der Waals surface area contributed by atoms with E-state index in [0.717, 1.165) is 12.0 Å². The largest absolute Gasteiger partial charge is 0.337 e. The van der Waals surface area contributed by atoms with Crippen molar-refractivity contribution in [1.29, 1.82) is 0 Å². The van der Waals surface area contributed by atoms with Crippen LogP contribution < -0.4 is 5.32 Å². The molecular formula is C19H28N4O2. The van der Waals surface area contributed by atoms with Crippen LogP contribution in [0.3, 0.4) is 0 Å². The highest BCUT2D eigenvalue weighted by atomic mass is 16.5. The molecule has 0 radical (unpaired) electrons. The molecule has 6 heteroatoms. The van der Waals surface area contributed by atoms with E-state index in [1.165, 1.54) is 0 Å². The minimum absolute atomic E-state index is 0.0509. The van der Waals surface area contributed by atoms with Crippen molar-refractivity contribution in [3.05, 3.63) is 47.6 Å². The second kappa shape index (κ2) is 8.14. The van der Waals surface area contributed by atoms with E-state index in [2.05, 4.69) is 36.2 Å². The minimum Gasteiger partial charge on any atom is -0.337 e. The van der Waals surface area contributed by atoms with Crippen LogP contribution >= 0.6 is 0 Å².